The van der Waals surface area contributed by atoms with E-state index in [4.69, 9.17) is 5.11 Å². The monoisotopic (exact) mass is 226 g/mol. The lowest BCUT2D eigenvalue weighted by atomic mass is 9.90. The summed E-state index contributed by atoms with van der Waals surface area (Å²) in [5, 5.41) is 11.2. The van der Waals surface area contributed by atoms with Crippen molar-refractivity contribution in [3.8, 4) is 0 Å². The van der Waals surface area contributed by atoms with E-state index >= 15 is 0 Å². The minimum absolute atomic E-state index is 0.0182. The molecule has 1 heterocycles. The minimum atomic E-state index is -0.960. The van der Waals surface area contributed by atoms with Crippen molar-refractivity contribution in [2.45, 2.75) is 50.6 Å². The van der Waals surface area contributed by atoms with Crippen LogP contribution in [0.4, 0.5) is 4.79 Å². The second-order valence-electron chi connectivity index (χ2n) is 4.66. The molecule has 2 atom stereocenters. The first-order valence-electron chi connectivity index (χ1n) is 5.96. The van der Waals surface area contributed by atoms with E-state index in [1.807, 2.05) is 4.90 Å². The van der Waals surface area contributed by atoms with Gasteiger partial charge in [-0.1, -0.05) is 0 Å². The fourth-order valence-corrected chi connectivity index (χ4v) is 2.81. The van der Waals surface area contributed by atoms with Crippen LogP contribution in [-0.2, 0) is 4.79 Å². The molecule has 2 N–H and O–H groups in total. The SMILES string of the molecule is O=C(O)N[C@H]1CCC[C@@H](N2CCCC2=O)C1. The maximum atomic E-state index is 11.6. The van der Waals surface area contributed by atoms with Crippen LogP contribution < -0.4 is 5.32 Å². The molecule has 5 heteroatoms. The predicted octanol–water partition coefficient (Wildman–Crippen LogP) is 1.19. The van der Waals surface area contributed by atoms with Crippen molar-refractivity contribution in [3.05, 3.63) is 0 Å². The van der Waals surface area contributed by atoms with Crippen LogP contribution in [-0.4, -0.2) is 40.6 Å². The maximum absolute atomic E-state index is 11.6. The van der Waals surface area contributed by atoms with Crippen LogP contribution in [0.25, 0.3) is 0 Å². The summed E-state index contributed by atoms with van der Waals surface area (Å²) in [6.45, 7) is 0.850. The van der Waals surface area contributed by atoms with Gasteiger partial charge >= 0.3 is 6.09 Å². The third kappa shape index (κ3) is 2.46. The van der Waals surface area contributed by atoms with Crippen molar-refractivity contribution in [2.24, 2.45) is 0 Å². The number of carbonyl (C=O) groups is 2. The Labute approximate surface area is 94.8 Å². The summed E-state index contributed by atoms with van der Waals surface area (Å²) in [4.78, 5) is 24.1. The summed E-state index contributed by atoms with van der Waals surface area (Å²) in [7, 11) is 0. The van der Waals surface area contributed by atoms with Gasteiger partial charge in [0.2, 0.25) is 5.91 Å². The first kappa shape index (κ1) is 11.2. The molecule has 2 fully saturated rings. The van der Waals surface area contributed by atoms with E-state index in [0.717, 1.165) is 38.6 Å². The van der Waals surface area contributed by atoms with Crippen LogP contribution in [0.3, 0.4) is 0 Å². The lowest BCUT2D eigenvalue weighted by Crippen LogP contribution is -2.46. The molecule has 0 aromatic heterocycles. The minimum Gasteiger partial charge on any atom is -0.465 e. The molecule has 16 heavy (non-hydrogen) atoms. The van der Waals surface area contributed by atoms with Crippen LogP contribution >= 0.6 is 0 Å². The van der Waals surface area contributed by atoms with Crippen LogP contribution in [0, 0.1) is 0 Å². The number of amides is 2. The van der Waals surface area contributed by atoms with Gasteiger partial charge in [-0.2, -0.15) is 0 Å². The Morgan fingerprint density at radius 2 is 2.19 bits per heavy atom. The normalized spacial score (nSPS) is 30.5. The molecule has 2 amide bonds. The molecule has 1 saturated heterocycles. The van der Waals surface area contributed by atoms with Crippen molar-refractivity contribution in [1.82, 2.24) is 10.2 Å². The van der Waals surface area contributed by atoms with Gasteiger partial charge in [0.15, 0.2) is 0 Å². The van der Waals surface area contributed by atoms with Crippen molar-refractivity contribution in [2.75, 3.05) is 6.54 Å². The van der Waals surface area contributed by atoms with Gasteiger partial charge in [-0.25, -0.2) is 4.79 Å². The highest BCUT2D eigenvalue weighted by molar-refractivity contribution is 5.78. The highest BCUT2D eigenvalue weighted by atomic mass is 16.4. The summed E-state index contributed by atoms with van der Waals surface area (Å²) in [5.41, 5.74) is 0. The zero-order valence-electron chi connectivity index (χ0n) is 9.32. The lowest BCUT2D eigenvalue weighted by molar-refractivity contribution is -0.130. The highest BCUT2D eigenvalue weighted by Crippen LogP contribution is 2.26. The molecule has 0 bridgehead atoms. The number of hydrogen-bond acceptors (Lipinski definition) is 2. The largest absolute Gasteiger partial charge is 0.465 e. The van der Waals surface area contributed by atoms with E-state index < -0.39 is 6.09 Å². The van der Waals surface area contributed by atoms with Gasteiger partial charge in [-0.15, -0.1) is 0 Å². The molecule has 0 radical (unpaired) electrons. The molecule has 0 aromatic rings. The molecule has 5 nitrogen and oxygen atoms in total. The second kappa shape index (κ2) is 4.72. The number of nitrogens with one attached hydrogen (secondary N) is 1. The Morgan fingerprint density at radius 3 is 2.81 bits per heavy atom. The van der Waals surface area contributed by atoms with Crippen molar-refractivity contribution in [1.29, 1.82) is 0 Å². The summed E-state index contributed by atoms with van der Waals surface area (Å²) in [6, 6.07) is 0.269. The second-order valence-corrected chi connectivity index (χ2v) is 4.66. The maximum Gasteiger partial charge on any atom is 0.404 e. The van der Waals surface area contributed by atoms with E-state index in [2.05, 4.69) is 5.32 Å². The molecular formula is C11H18N2O3. The Bertz CT molecular complexity index is 293. The molecule has 2 aliphatic rings. The molecule has 0 spiro atoms. The van der Waals surface area contributed by atoms with E-state index in [-0.39, 0.29) is 18.0 Å². The molecule has 90 valence electrons. The molecule has 0 unspecified atom stereocenters. The van der Waals surface area contributed by atoms with Crippen molar-refractivity contribution < 1.29 is 14.7 Å². The fraction of sp³-hybridized carbons (Fsp3) is 0.818. The van der Waals surface area contributed by atoms with E-state index in [1.54, 1.807) is 0 Å². The standard InChI is InChI=1S/C11H18N2O3/c14-10-5-2-6-13(10)9-4-1-3-8(7-9)12-11(15)16/h8-9,12H,1-7H2,(H,15,16)/t8-,9+/m0/s1. The molecule has 0 aromatic carbocycles. The Morgan fingerprint density at radius 1 is 1.38 bits per heavy atom. The van der Waals surface area contributed by atoms with Crippen LogP contribution in [0.5, 0.6) is 0 Å². The third-order valence-corrected chi connectivity index (χ3v) is 3.52. The first-order chi connectivity index (χ1) is 7.66. The zero-order chi connectivity index (χ0) is 11.5. The van der Waals surface area contributed by atoms with Crippen LogP contribution in [0.1, 0.15) is 38.5 Å². The molecule has 1 aliphatic carbocycles. The fourth-order valence-electron chi connectivity index (χ4n) is 2.81. The van der Waals surface area contributed by atoms with Crippen molar-refractivity contribution >= 4 is 12.0 Å². The van der Waals surface area contributed by atoms with E-state index in [0.29, 0.717) is 6.42 Å². The zero-order valence-corrected chi connectivity index (χ0v) is 9.32. The number of likely N-dealkylation sites (tertiary alicyclic amines) is 1. The summed E-state index contributed by atoms with van der Waals surface area (Å²) >= 11 is 0. The van der Waals surface area contributed by atoms with Crippen molar-refractivity contribution in [3.63, 3.8) is 0 Å². The average Bonchev–Trinajstić information content (AvgIpc) is 2.64. The Balaban J connectivity index is 1.90. The number of hydrogen-bond donors (Lipinski definition) is 2. The summed E-state index contributed by atoms with van der Waals surface area (Å²) < 4.78 is 0. The van der Waals surface area contributed by atoms with Gasteiger partial charge < -0.3 is 15.3 Å². The molecular weight excluding hydrogens is 208 g/mol. The van der Waals surface area contributed by atoms with E-state index in [9.17, 15) is 9.59 Å². The number of carbonyl (C=O) groups excluding carboxylic acids is 1. The Hall–Kier alpha value is -1.26. The number of carboxylic acid groups (broad SMARTS) is 1. The van der Waals surface area contributed by atoms with Gasteiger partial charge in [0, 0.05) is 25.0 Å². The van der Waals surface area contributed by atoms with Gasteiger partial charge in [0.05, 0.1) is 0 Å². The molecule has 1 saturated carbocycles. The average molecular weight is 226 g/mol. The van der Waals surface area contributed by atoms with Gasteiger partial charge in [-0.05, 0) is 32.1 Å². The molecule has 2 rings (SSSR count). The first-order valence-corrected chi connectivity index (χ1v) is 5.96. The lowest BCUT2D eigenvalue weighted by Gasteiger charge is -2.35. The quantitative estimate of drug-likeness (QED) is 0.743. The van der Waals surface area contributed by atoms with Gasteiger partial charge in [0.25, 0.3) is 0 Å². The topological polar surface area (TPSA) is 69.6 Å². The highest BCUT2D eigenvalue weighted by Gasteiger charge is 2.32. The Kier molecular flexibility index (Phi) is 3.31. The number of rotatable bonds is 2. The van der Waals surface area contributed by atoms with E-state index in [1.165, 1.54) is 0 Å². The molecule has 1 aliphatic heterocycles. The van der Waals surface area contributed by atoms with Crippen LogP contribution in [0.15, 0.2) is 0 Å². The summed E-state index contributed by atoms with van der Waals surface area (Å²) in [6.07, 6.45) is 4.34. The predicted molar refractivity (Wildman–Crippen MR) is 58.2 cm³/mol. The smallest absolute Gasteiger partial charge is 0.404 e. The van der Waals surface area contributed by atoms with Gasteiger partial charge in [-0.3, -0.25) is 4.79 Å². The number of nitrogens with zero attached hydrogens (tertiary/aromatic N) is 1. The third-order valence-electron chi connectivity index (χ3n) is 3.52. The van der Waals surface area contributed by atoms with Gasteiger partial charge in [0.1, 0.15) is 0 Å². The van der Waals surface area contributed by atoms with Crippen LogP contribution in [0.2, 0.25) is 0 Å². The summed E-state index contributed by atoms with van der Waals surface area (Å²) in [5.74, 6) is 0.237.